The average molecular weight is 582 g/mol. The van der Waals surface area contributed by atoms with Gasteiger partial charge in [0, 0.05) is 34.9 Å². The van der Waals surface area contributed by atoms with Gasteiger partial charge in [0.1, 0.15) is 11.5 Å². The highest BCUT2D eigenvalue weighted by atomic mass is 16.5. The Hall–Kier alpha value is -6.00. The monoisotopic (exact) mass is 581 g/mol. The molecule has 0 amide bonds. The van der Waals surface area contributed by atoms with Gasteiger partial charge in [0.2, 0.25) is 5.95 Å². The molecule has 0 fully saturated rings. The van der Waals surface area contributed by atoms with Gasteiger partial charge >= 0.3 is 0 Å². The normalized spacial score (nSPS) is 13.0. The number of fused-ring (bicyclic) bond motifs is 3. The molecule has 4 nitrogen and oxygen atoms in total. The van der Waals surface area contributed by atoms with Crippen molar-refractivity contribution in [1.29, 1.82) is 0 Å². The molecule has 0 bridgehead atoms. The van der Waals surface area contributed by atoms with Crippen LogP contribution < -0.4 is 9.64 Å². The van der Waals surface area contributed by atoms with E-state index in [-0.39, 0.29) is 0 Å². The maximum Gasteiger partial charge on any atom is 0.230 e. The van der Waals surface area contributed by atoms with Crippen LogP contribution >= 0.6 is 0 Å². The summed E-state index contributed by atoms with van der Waals surface area (Å²) < 4.78 is 6.52. The summed E-state index contributed by atoms with van der Waals surface area (Å²) in [6.45, 7) is 4.04. The summed E-state index contributed by atoms with van der Waals surface area (Å²) in [7, 11) is 2.01. The van der Waals surface area contributed by atoms with Crippen LogP contribution in [0.4, 0.5) is 11.6 Å². The lowest BCUT2D eigenvalue weighted by Crippen LogP contribution is -2.15. The van der Waals surface area contributed by atoms with Crippen molar-refractivity contribution in [1.82, 2.24) is 9.97 Å². The minimum Gasteiger partial charge on any atom is -0.456 e. The number of aromatic nitrogens is 2. The van der Waals surface area contributed by atoms with E-state index in [2.05, 4.69) is 84.3 Å². The molecule has 5 aromatic carbocycles. The summed E-state index contributed by atoms with van der Waals surface area (Å²) in [5, 5.41) is 0. The second-order valence-electron chi connectivity index (χ2n) is 10.8. The maximum absolute atomic E-state index is 6.52. The Kier molecular flexibility index (Phi) is 7.61. The second kappa shape index (κ2) is 12.3. The van der Waals surface area contributed by atoms with E-state index >= 15 is 0 Å². The predicted molar refractivity (Wildman–Crippen MR) is 186 cm³/mol. The van der Waals surface area contributed by atoms with E-state index in [4.69, 9.17) is 14.7 Å². The minimum absolute atomic E-state index is 0.599. The summed E-state index contributed by atoms with van der Waals surface area (Å²) in [6.07, 6.45) is 5.93. The molecule has 0 saturated heterocycles. The fraction of sp³-hybridized carbons (Fsp3) is 0.0244. The molecule has 0 aliphatic carbocycles. The van der Waals surface area contributed by atoms with Crippen molar-refractivity contribution in [3.05, 3.63) is 175 Å². The van der Waals surface area contributed by atoms with Gasteiger partial charge in [-0.15, -0.1) is 0 Å². The lowest BCUT2D eigenvalue weighted by molar-refractivity contribution is 0.512. The van der Waals surface area contributed by atoms with Crippen molar-refractivity contribution in [2.24, 2.45) is 0 Å². The van der Waals surface area contributed by atoms with Gasteiger partial charge in [0.15, 0.2) is 0 Å². The summed E-state index contributed by atoms with van der Waals surface area (Å²) in [5.74, 6) is 2.22. The molecular formula is C41H31N3O. The van der Waals surface area contributed by atoms with Gasteiger partial charge in [-0.25, -0.2) is 9.97 Å². The van der Waals surface area contributed by atoms with Crippen molar-refractivity contribution in [2.45, 2.75) is 0 Å². The van der Waals surface area contributed by atoms with E-state index in [0.717, 1.165) is 67.5 Å². The third-order valence-electron chi connectivity index (χ3n) is 7.90. The number of benzene rings is 5. The van der Waals surface area contributed by atoms with E-state index in [9.17, 15) is 0 Å². The summed E-state index contributed by atoms with van der Waals surface area (Å²) in [4.78, 5) is 12.2. The maximum atomic E-state index is 6.52. The van der Waals surface area contributed by atoms with Crippen LogP contribution in [0.5, 0.6) is 5.75 Å². The highest BCUT2D eigenvalue weighted by Gasteiger charge is 2.22. The Labute approximate surface area is 264 Å². The first kappa shape index (κ1) is 27.8. The molecule has 0 atom stereocenters. The number of rotatable bonds is 7. The molecule has 7 rings (SSSR count). The third-order valence-corrected chi connectivity index (χ3v) is 7.90. The molecule has 1 aliphatic rings. The van der Waals surface area contributed by atoms with Gasteiger partial charge in [0.05, 0.1) is 17.1 Å². The fourth-order valence-corrected chi connectivity index (χ4v) is 5.69. The number of ether oxygens (including phenoxy) is 1. The summed E-state index contributed by atoms with van der Waals surface area (Å²) in [6, 6.07) is 47.3. The van der Waals surface area contributed by atoms with Crippen molar-refractivity contribution in [3.63, 3.8) is 0 Å². The Morgan fingerprint density at radius 1 is 0.644 bits per heavy atom. The molecule has 216 valence electrons. The molecule has 0 saturated carbocycles. The smallest absolute Gasteiger partial charge is 0.230 e. The number of anilines is 2. The Morgan fingerprint density at radius 3 is 1.87 bits per heavy atom. The van der Waals surface area contributed by atoms with Crippen LogP contribution in [0.2, 0.25) is 0 Å². The molecule has 45 heavy (non-hydrogen) atoms. The quantitative estimate of drug-likeness (QED) is 0.176. The van der Waals surface area contributed by atoms with Gasteiger partial charge in [-0.2, -0.15) is 0 Å². The molecule has 0 radical (unpaired) electrons. The Morgan fingerprint density at radius 2 is 1.20 bits per heavy atom. The van der Waals surface area contributed by atoms with Gasteiger partial charge in [-0.05, 0) is 35.4 Å². The van der Waals surface area contributed by atoms with Crippen LogP contribution in [0.25, 0.3) is 45.0 Å². The van der Waals surface area contributed by atoms with E-state index in [1.54, 1.807) is 0 Å². The molecule has 0 unspecified atom stereocenters. The van der Waals surface area contributed by atoms with Crippen LogP contribution in [0.3, 0.4) is 0 Å². The van der Waals surface area contributed by atoms with Crippen LogP contribution in [-0.4, -0.2) is 17.0 Å². The van der Waals surface area contributed by atoms with E-state index < -0.39 is 0 Å². The number of hydrogen-bond donors (Lipinski definition) is 0. The second-order valence-corrected chi connectivity index (χ2v) is 10.8. The van der Waals surface area contributed by atoms with Crippen LogP contribution in [0.15, 0.2) is 164 Å². The predicted octanol–water partition coefficient (Wildman–Crippen LogP) is 10.2. The highest BCUT2D eigenvalue weighted by molar-refractivity contribution is 5.94. The number of allylic oxidation sites excluding steroid dienone is 4. The van der Waals surface area contributed by atoms with E-state index in [1.807, 2.05) is 92.0 Å². The number of nitrogens with zero attached hydrogens (tertiary/aromatic N) is 3. The molecule has 1 aliphatic heterocycles. The molecular weight excluding hydrogens is 550 g/mol. The zero-order valence-corrected chi connectivity index (χ0v) is 25.0. The first-order valence-electron chi connectivity index (χ1n) is 14.9. The largest absolute Gasteiger partial charge is 0.456 e. The zero-order chi connectivity index (χ0) is 30.6. The fourth-order valence-electron chi connectivity index (χ4n) is 5.69. The average Bonchev–Trinajstić information content (AvgIpc) is 3.12. The summed E-state index contributed by atoms with van der Waals surface area (Å²) >= 11 is 0. The first-order valence-corrected chi connectivity index (χ1v) is 14.9. The molecule has 2 heterocycles. The Balaban J connectivity index is 1.34. The van der Waals surface area contributed by atoms with E-state index in [0.29, 0.717) is 5.95 Å². The number of para-hydroxylation sites is 2. The number of hydrogen-bond acceptors (Lipinski definition) is 4. The van der Waals surface area contributed by atoms with Crippen molar-refractivity contribution in [2.75, 3.05) is 11.9 Å². The zero-order valence-electron chi connectivity index (χ0n) is 25.0. The lowest BCUT2D eigenvalue weighted by atomic mass is 9.93. The molecule has 1 aromatic heterocycles. The first-order chi connectivity index (χ1) is 22.2. The summed E-state index contributed by atoms with van der Waals surface area (Å²) in [5.41, 5.74) is 9.98. The van der Waals surface area contributed by atoms with E-state index in [1.165, 1.54) is 0 Å². The van der Waals surface area contributed by atoms with Crippen LogP contribution in [0, 0.1) is 0 Å². The van der Waals surface area contributed by atoms with Gasteiger partial charge in [0.25, 0.3) is 0 Å². The van der Waals surface area contributed by atoms with Crippen molar-refractivity contribution >= 4 is 23.0 Å². The van der Waals surface area contributed by atoms with Gasteiger partial charge in [-0.1, -0.05) is 140 Å². The van der Waals surface area contributed by atoms with Crippen molar-refractivity contribution in [3.8, 4) is 39.4 Å². The van der Waals surface area contributed by atoms with Crippen LogP contribution in [0.1, 0.15) is 11.1 Å². The topological polar surface area (TPSA) is 38.2 Å². The lowest BCUT2D eigenvalue weighted by Gasteiger charge is -2.25. The Bertz CT molecular complexity index is 2000. The standard InChI is InChI=1S/C41H31N3O/c1-3-16-31(27-40-35-24-11-10-22-33(35)34-23-13-15-26-39(34)45-40)32-21-12-14-25-38(32)44(2)41-42-36(29-17-6-4-7-18-29)28-37(43-41)30-19-8-5-9-20-30/h3-28H,1H2,2H3/b31-16+,40-27-. The molecule has 0 spiro atoms. The molecule has 4 heteroatoms. The van der Waals surface area contributed by atoms with Crippen LogP contribution in [-0.2, 0) is 0 Å². The van der Waals surface area contributed by atoms with Crippen molar-refractivity contribution < 1.29 is 4.74 Å². The van der Waals surface area contributed by atoms with Gasteiger partial charge in [-0.3, -0.25) is 0 Å². The molecule has 6 aromatic rings. The van der Waals surface area contributed by atoms with Gasteiger partial charge < -0.3 is 9.64 Å². The minimum atomic E-state index is 0.599. The SMILES string of the molecule is C=C/C=C(\C=C1/Oc2ccccc2-c2ccccc21)c1ccccc1N(C)c1nc(-c2ccccc2)cc(-c2ccccc2)n1. The third kappa shape index (κ3) is 5.57. The highest BCUT2D eigenvalue weighted by Crippen LogP contribution is 2.43. The molecule has 0 N–H and O–H groups in total.